The second-order valence-corrected chi connectivity index (χ2v) is 5.55. The quantitative estimate of drug-likeness (QED) is 0.905. The molecule has 1 N–H and O–H groups in total. The molecule has 0 amide bonds. The highest BCUT2D eigenvalue weighted by atomic mass is 79.9. The van der Waals surface area contributed by atoms with Crippen LogP contribution < -0.4 is 10.2 Å². The maximum Gasteiger partial charge on any atom is 0.0670 e. The van der Waals surface area contributed by atoms with Crippen LogP contribution >= 0.6 is 15.9 Å². The van der Waals surface area contributed by atoms with Gasteiger partial charge in [-0.1, -0.05) is 13.0 Å². The summed E-state index contributed by atoms with van der Waals surface area (Å²) in [4.78, 5) is 2.31. The molecule has 0 saturated carbocycles. The summed E-state index contributed by atoms with van der Waals surface area (Å²) in [6.45, 7) is 5.76. The molecule has 18 heavy (non-hydrogen) atoms. The van der Waals surface area contributed by atoms with Crippen molar-refractivity contribution >= 4 is 21.6 Å². The van der Waals surface area contributed by atoms with Crippen molar-refractivity contribution in [3.63, 3.8) is 0 Å². The number of nitrogens with one attached hydrogen (secondary N) is 1. The Balaban J connectivity index is 2.08. The highest BCUT2D eigenvalue weighted by molar-refractivity contribution is 9.10. The molecule has 0 spiro atoms. The third kappa shape index (κ3) is 3.25. The topological polar surface area (TPSA) is 24.5 Å². The predicted octanol–water partition coefficient (Wildman–Crippen LogP) is 2.78. The fourth-order valence-electron chi connectivity index (χ4n) is 2.24. The number of ether oxygens (including phenoxy) is 1. The first-order chi connectivity index (χ1) is 8.72. The van der Waals surface area contributed by atoms with Gasteiger partial charge in [-0.15, -0.1) is 0 Å². The van der Waals surface area contributed by atoms with Crippen molar-refractivity contribution in [1.82, 2.24) is 5.32 Å². The van der Waals surface area contributed by atoms with E-state index in [-0.39, 0.29) is 0 Å². The van der Waals surface area contributed by atoms with Gasteiger partial charge in [0.1, 0.15) is 0 Å². The van der Waals surface area contributed by atoms with Crippen molar-refractivity contribution < 1.29 is 4.74 Å². The number of benzene rings is 1. The summed E-state index contributed by atoms with van der Waals surface area (Å²) in [6, 6.07) is 7.08. The summed E-state index contributed by atoms with van der Waals surface area (Å²) in [6.07, 6.45) is 1.11. The molecule has 1 unspecified atom stereocenters. The van der Waals surface area contributed by atoms with Crippen LogP contribution in [0.25, 0.3) is 0 Å². The standard InChI is InChI=1S/C14H21BrN2O/c1-3-16-9-11-4-5-14(13(15)8-11)17(2)12-6-7-18-10-12/h4-5,8,12,16H,3,6-7,9-10H2,1-2H3. The van der Waals surface area contributed by atoms with Gasteiger partial charge in [0, 0.05) is 24.7 Å². The van der Waals surface area contributed by atoms with Gasteiger partial charge in [-0.3, -0.25) is 0 Å². The fraction of sp³-hybridized carbons (Fsp3) is 0.571. The molecule has 4 heteroatoms. The van der Waals surface area contributed by atoms with Gasteiger partial charge in [-0.05, 0) is 46.6 Å². The lowest BCUT2D eigenvalue weighted by Crippen LogP contribution is -2.32. The molecule has 1 heterocycles. The molecule has 2 rings (SSSR count). The molecule has 1 fully saturated rings. The highest BCUT2D eigenvalue weighted by Crippen LogP contribution is 2.29. The summed E-state index contributed by atoms with van der Waals surface area (Å²) in [7, 11) is 2.14. The Morgan fingerprint density at radius 2 is 2.33 bits per heavy atom. The summed E-state index contributed by atoms with van der Waals surface area (Å²) in [5.41, 5.74) is 2.55. The van der Waals surface area contributed by atoms with Gasteiger partial charge < -0.3 is 15.0 Å². The fourth-order valence-corrected chi connectivity index (χ4v) is 2.95. The molecule has 1 saturated heterocycles. The molecule has 1 atom stereocenters. The first-order valence-electron chi connectivity index (χ1n) is 6.52. The Labute approximate surface area is 118 Å². The molecule has 0 aromatic heterocycles. The van der Waals surface area contributed by atoms with Gasteiger partial charge >= 0.3 is 0 Å². The largest absolute Gasteiger partial charge is 0.379 e. The molecule has 1 aromatic rings. The van der Waals surface area contributed by atoms with Gasteiger partial charge in [0.2, 0.25) is 0 Å². The minimum Gasteiger partial charge on any atom is -0.379 e. The number of halogens is 1. The zero-order valence-corrected chi connectivity index (χ0v) is 12.7. The zero-order chi connectivity index (χ0) is 13.0. The van der Waals surface area contributed by atoms with Crippen LogP contribution in [0.1, 0.15) is 18.9 Å². The van der Waals surface area contributed by atoms with Crippen molar-refractivity contribution in [1.29, 1.82) is 0 Å². The normalized spacial score (nSPS) is 19.2. The van der Waals surface area contributed by atoms with Crippen molar-refractivity contribution in [3.05, 3.63) is 28.2 Å². The lowest BCUT2D eigenvalue weighted by Gasteiger charge is -2.26. The van der Waals surface area contributed by atoms with Crippen molar-refractivity contribution in [2.45, 2.75) is 25.9 Å². The molecule has 3 nitrogen and oxygen atoms in total. The molecular weight excluding hydrogens is 292 g/mol. The molecule has 100 valence electrons. The Bertz CT molecular complexity index is 391. The minimum absolute atomic E-state index is 0.501. The number of likely N-dealkylation sites (N-methyl/N-ethyl adjacent to an activating group) is 1. The van der Waals surface area contributed by atoms with Crippen molar-refractivity contribution in [3.8, 4) is 0 Å². The maximum atomic E-state index is 5.45. The number of nitrogens with zero attached hydrogens (tertiary/aromatic N) is 1. The first-order valence-corrected chi connectivity index (χ1v) is 7.31. The summed E-state index contributed by atoms with van der Waals surface area (Å²) in [5, 5.41) is 3.34. The van der Waals surface area contributed by atoms with Crippen LogP contribution in [0.3, 0.4) is 0 Å². The maximum absolute atomic E-state index is 5.45. The van der Waals surface area contributed by atoms with Crippen LogP contribution in [0.2, 0.25) is 0 Å². The van der Waals surface area contributed by atoms with E-state index in [1.54, 1.807) is 0 Å². The van der Waals surface area contributed by atoms with Crippen LogP contribution in [-0.4, -0.2) is 32.8 Å². The summed E-state index contributed by atoms with van der Waals surface area (Å²) >= 11 is 3.68. The molecule has 0 aliphatic carbocycles. The second-order valence-electron chi connectivity index (χ2n) is 4.69. The lowest BCUT2D eigenvalue weighted by atomic mass is 10.1. The van der Waals surface area contributed by atoms with Crippen LogP contribution in [0.15, 0.2) is 22.7 Å². The molecule has 1 aromatic carbocycles. The van der Waals surface area contributed by atoms with Crippen LogP contribution in [0, 0.1) is 0 Å². The highest BCUT2D eigenvalue weighted by Gasteiger charge is 2.21. The van der Waals surface area contributed by atoms with Gasteiger partial charge in [-0.2, -0.15) is 0 Å². The molecular formula is C14H21BrN2O. The number of anilines is 1. The summed E-state index contributed by atoms with van der Waals surface area (Å²) < 4.78 is 6.61. The Morgan fingerprint density at radius 1 is 1.50 bits per heavy atom. The van der Waals surface area contributed by atoms with Crippen LogP contribution in [0.4, 0.5) is 5.69 Å². The number of hydrogen-bond acceptors (Lipinski definition) is 3. The van der Waals surface area contributed by atoms with Gasteiger partial charge in [0.25, 0.3) is 0 Å². The van der Waals surface area contributed by atoms with Gasteiger partial charge in [0.05, 0.1) is 18.3 Å². The van der Waals surface area contributed by atoms with E-state index in [9.17, 15) is 0 Å². The Kier molecular flexibility index (Phi) is 5.03. The van der Waals surface area contributed by atoms with Crippen LogP contribution in [0.5, 0.6) is 0 Å². The zero-order valence-electron chi connectivity index (χ0n) is 11.1. The average Bonchev–Trinajstić information content (AvgIpc) is 2.89. The van der Waals surface area contributed by atoms with E-state index in [0.29, 0.717) is 6.04 Å². The smallest absolute Gasteiger partial charge is 0.0670 e. The average molecular weight is 313 g/mol. The molecule has 1 aliphatic heterocycles. The minimum atomic E-state index is 0.501. The third-order valence-corrected chi connectivity index (χ3v) is 4.06. The van der Waals surface area contributed by atoms with Gasteiger partial charge in [0.15, 0.2) is 0 Å². The van der Waals surface area contributed by atoms with Crippen molar-refractivity contribution in [2.24, 2.45) is 0 Å². The van der Waals surface area contributed by atoms with Gasteiger partial charge in [-0.25, -0.2) is 0 Å². The van der Waals surface area contributed by atoms with E-state index in [1.165, 1.54) is 11.3 Å². The Morgan fingerprint density at radius 3 is 2.94 bits per heavy atom. The number of rotatable bonds is 5. The van der Waals surface area contributed by atoms with E-state index in [4.69, 9.17) is 4.74 Å². The third-order valence-electron chi connectivity index (χ3n) is 3.42. The second kappa shape index (κ2) is 6.55. The molecule has 0 bridgehead atoms. The molecule has 1 aliphatic rings. The Hall–Kier alpha value is -0.580. The first kappa shape index (κ1) is 13.8. The van der Waals surface area contributed by atoms with E-state index < -0.39 is 0 Å². The van der Waals surface area contributed by atoms with E-state index in [1.807, 2.05) is 0 Å². The van der Waals surface area contributed by atoms with Crippen molar-refractivity contribution in [2.75, 3.05) is 31.7 Å². The number of hydrogen-bond donors (Lipinski definition) is 1. The monoisotopic (exact) mass is 312 g/mol. The SMILES string of the molecule is CCNCc1ccc(N(C)C2CCOC2)c(Br)c1. The summed E-state index contributed by atoms with van der Waals surface area (Å²) in [5.74, 6) is 0. The van der Waals surface area contributed by atoms with E-state index in [0.717, 1.165) is 37.2 Å². The lowest BCUT2D eigenvalue weighted by molar-refractivity contribution is 0.193. The predicted molar refractivity (Wildman–Crippen MR) is 79.1 cm³/mol. The van der Waals surface area contributed by atoms with E-state index >= 15 is 0 Å². The van der Waals surface area contributed by atoms with E-state index in [2.05, 4.69) is 58.3 Å². The molecule has 0 radical (unpaired) electrons. The van der Waals surface area contributed by atoms with Crippen LogP contribution in [-0.2, 0) is 11.3 Å².